The topological polar surface area (TPSA) is 26.3 Å². The van der Waals surface area contributed by atoms with Crippen LogP contribution in [0.5, 0.6) is 0 Å². The van der Waals surface area contributed by atoms with Crippen LogP contribution in [0, 0.1) is 3.57 Å². The summed E-state index contributed by atoms with van der Waals surface area (Å²) in [6, 6.07) is 8.01. The molecule has 0 amide bonds. The first-order valence-corrected chi connectivity index (χ1v) is 5.82. The smallest absolute Gasteiger partial charge is 0.331 e. The zero-order chi connectivity index (χ0) is 11.3. The van der Waals surface area contributed by atoms with E-state index in [2.05, 4.69) is 22.6 Å². The number of esters is 1. The minimum atomic E-state index is -0.284. The highest BCUT2D eigenvalue weighted by Crippen LogP contribution is 2.15. The molecule has 80 valence electrons. The van der Waals surface area contributed by atoms with Gasteiger partial charge in [-0.05, 0) is 59.7 Å². The van der Waals surface area contributed by atoms with Gasteiger partial charge in [0.1, 0.15) is 0 Å². The maximum absolute atomic E-state index is 11.2. The van der Waals surface area contributed by atoms with Gasteiger partial charge in [0.05, 0.1) is 6.61 Å². The van der Waals surface area contributed by atoms with Gasteiger partial charge >= 0.3 is 5.97 Å². The van der Waals surface area contributed by atoms with Crippen LogP contribution in [0.15, 0.2) is 30.3 Å². The summed E-state index contributed by atoms with van der Waals surface area (Å²) < 4.78 is 6.02. The maximum Gasteiger partial charge on any atom is 0.331 e. The van der Waals surface area contributed by atoms with E-state index >= 15 is 0 Å². The van der Waals surface area contributed by atoms with Crippen molar-refractivity contribution >= 4 is 34.1 Å². The lowest BCUT2D eigenvalue weighted by Gasteiger charge is -2.02. The third kappa shape index (κ3) is 4.03. The number of allylic oxidation sites excluding steroid dienone is 1. The molecule has 0 saturated heterocycles. The highest BCUT2D eigenvalue weighted by Gasteiger charge is 2.00. The van der Waals surface area contributed by atoms with Crippen molar-refractivity contribution in [2.24, 2.45) is 0 Å². The molecule has 0 aliphatic carbocycles. The highest BCUT2D eigenvalue weighted by atomic mass is 127. The van der Waals surface area contributed by atoms with Crippen molar-refractivity contribution in [1.82, 2.24) is 0 Å². The molecule has 0 radical (unpaired) electrons. The Balaban J connectivity index is 2.79. The lowest BCUT2D eigenvalue weighted by Crippen LogP contribution is -2.00. The summed E-state index contributed by atoms with van der Waals surface area (Å²) >= 11 is 2.25. The summed E-state index contributed by atoms with van der Waals surface area (Å²) in [4.78, 5) is 11.2. The van der Waals surface area contributed by atoms with Crippen molar-refractivity contribution < 1.29 is 9.53 Å². The van der Waals surface area contributed by atoms with Crippen LogP contribution in [0.1, 0.15) is 19.4 Å². The summed E-state index contributed by atoms with van der Waals surface area (Å²) in [7, 11) is 0. The fraction of sp³-hybridized carbons (Fsp3) is 0.250. The Kier molecular flexibility index (Phi) is 4.81. The van der Waals surface area contributed by atoms with Crippen LogP contribution in [0.3, 0.4) is 0 Å². The number of carbonyl (C=O) groups is 1. The van der Waals surface area contributed by atoms with Crippen molar-refractivity contribution in [2.45, 2.75) is 13.8 Å². The molecule has 0 unspecified atom stereocenters. The van der Waals surface area contributed by atoms with Gasteiger partial charge in [0.15, 0.2) is 0 Å². The first-order valence-electron chi connectivity index (χ1n) is 4.74. The van der Waals surface area contributed by atoms with E-state index in [1.807, 2.05) is 31.2 Å². The normalized spacial score (nSPS) is 11.3. The number of benzene rings is 1. The van der Waals surface area contributed by atoms with Gasteiger partial charge in [-0.25, -0.2) is 4.79 Å². The van der Waals surface area contributed by atoms with Crippen molar-refractivity contribution in [3.05, 3.63) is 39.5 Å². The van der Waals surface area contributed by atoms with E-state index in [0.29, 0.717) is 6.61 Å². The Morgan fingerprint density at radius 3 is 2.53 bits per heavy atom. The predicted octanol–water partition coefficient (Wildman–Crippen LogP) is 3.26. The van der Waals surface area contributed by atoms with E-state index in [0.717, 1.165) is 11.1 Å². The van der Waals surface area contributed by atoms with Crippen molar-refractivity contribution in [2.75, 3.05) is 6.61 Å². The second-order valence-electron chi connectivity index (χ2n) is 3.09. The van der Waals surface area contributed by atoms with Crippen LogP contribution in [0.4, 0.5) is 0 Å². The van der Waals surface area contributed by atoms with Crippen molar-refractivity contribution in [3.8, 4) is 0 Å². The molecule has 0 fully saturated rings. The maximum atomic E-state index is 11.2. The minimum absolute atomic E-state index is 0.284. The lowest BCUT2D eigenvalue weighted by atomic mass is 10.1. The summed E-state index contributed by atoms with van der Waals surface area (Å²) in [6.07, 6.45) is 1.52. The minimum Gasteiger partial charge on any atom is -0.463 e. The monoisotopic (exact) mass is 316 g/mol. The molecule has 1 aromatic carbocycles. The Morgan fingerprint density at radius 2 is 2.00 bits per heavy atom. The number of rotatable bonds is 3. The number of carbonyl (C=O) groups excluding carboxylic acids is 1. The zero-order valence-corrected chi connectivity index (χ0v) is 10.9. The standard InChI is InChI=1S/C12H13IO2/c1-3-15-12(14)8-9(2)10-4-6-11(13)7-5-10/h4-8H,3H2,1-2H3/b9-8+. The molecule has 0 atom stereocenters. The molecule has 3 heteroatoms. The predicted molar refractivity (Wildman–Crippen MR) is 69.4 cm³/mol. The molecule has 1 rings (SSSR count). The first kappa shape index (κ1) is 12.2. The molecule has 0 spiro atoms. The second kappa shape index (κ2) is 5.90. The highest BCUT2D eigenvalue weighted by molar-refractivity contribution is 14.1. The molecule has 2 nitrogen and oxygen atoms in total. The molecule has 0 saturated carbocycles. The number of hydrogen-bond acceptors (Lipinski definition) is 2. The van der Waals surface area contributed by atoms with Crippen LogP contribution in [0.2, 0.25) is 0 Å². The van der Waals surface area contributed by atoms with Gasteiger partial charge in [0.25, 0.3) is 0 Å². The average molecular weight is 316 g/mol. The first-order chi connectivity index (χ1) is 7.13. The fourth-order valence-electron chi connectivity index (χ4n) is 1.16. The van der Waals surface area contributed by atoms with E-state index in [1.54, 1.807) is 6.92 Å². The Morgan fingerprint density at radius 1 is 1.40 bits per heavy atom. The van der Waals surface area contributed by atoms with Gasteiger partial charge in [-0.1, -0.05) is 12.1 Å². The van der Waals surface area contributed by atoms with E-state index in [4.69, 9.17) is 4.74 Å². The molecule has 0 bridgehead atoms. The zero-order valence-electron chi connectivity index (χ0n) is 8.79. The molecule has 15 heavy (non-hydrogen) atoms. The third-order valence-corrected chi connectivity index (χ3v) is 2.64. The Hall–Kier alpha value is -0.840. The molecule has 1 aromatic rings. The summed E-state index contributed by atoms with van der Waals surface area (Å²) in [6.45, 7) is 4.11. The quantitative estimate of drug-likeness (QED) is 0.486. The third-order valence-electron chi connectivity index (χ3n) is 1.92. The number of hydrogen-bond donors (Lipinski definition) is 0. The lowest BCUT2D eigenvalue weighted by molar-refractivity contribution is -0.137. The molecule has 0 heterocycles. The number of ether oxygens (including phenoxy) is 1. The van der Waals surface area contributed by atoms with Crippen LogP contribution in [0.25, 0.3) is 5.57 Å². The van der Waals surface area contributed by atoms with Crippen LogP contribution < -0.4 is 0 Å². The molecule has 0 aliphatic rings. The largest absolute Gasteiger partial charge is 0.463 e. The van der Waals surface area contributed by atoms with Crippen molar-refractivity contribution in [1.29, 1.82) is 0 Å². The SMILES string of the molecule is CCOC(=O)/C=C(\C)c1ccc(I)cc1. The summed E-state index contributed by atoms with van der Waals surface area (Å²) in [5, 5.41) is 0. The van der Waals surface area contributed by atoms with E-state index in [-0.39, 0.29) is 5.97 Å². The molecular weight excluding hydrogens is 303 g/mol. The van der Waals surface area contributed by atoms with E-state index < -0.39 is 0 Å². The summed E-state index contributed by atoms with van der Waals surface area (Å²) in [5.41, 5.74) is 1.97. The Labute approximate surface area is 103 Å². The van der Waals surface area contributed by atoms with Gasteiger partial charge in [0, 0.05) is 9.65 Å². The van der Waals surface area contributed by atoms with Crippen LogP contribution >= 0.6 is 22.6 Å². The second-order valence-corrected chi connectivity index (χ2v) is 4.33. The Bertz CT molecular complexity index is 366. The fourth-order valence-corrected chi connectivity index (χ4v) is 1.52. The van der Waals surface area contributed by atoms with Gasteiger partial charge in [-0.3, -0.25) is 0 Å². The van der Waals surface area contributed by atoms with Gasteiger partial charge in [-0.2, -0.15) is 0 Å². The van der Waals surface area contributed by atoms with Gasteiger partial charge in [0.2, 0.25) is 0 Å². The molecule has 0 aromatic heterocycles. The molecular formula is C12H13IO2. The van der Waals surface area contributed by atoms with Gasteiger partial charge in [-0.15, -0.1) is 0 Å². The molecule has 0 N–H and O–H groups in total. The van der Waals surface area contributed by atoms with Crippen LogP contribution in [-0.4, -0.2) is 12.6 Å². The van der Waals surface area contributed by atoms with Crippen LogP contribution in [-0.2, 0) is 9.53 Å². The van der Waals surface area contributed by atoms with Crippen molar-refractivity contribution in [3.63, 3.8) is 0 Å². The molecule has 0 aliphatic heterocycles. The van der Waals surface area contributed by atoms with Gasteiger partial charge < -0.3 is 4.74 Å². The number of halogens is 1. The van der Waals surface area contributed by atoms with E-state index in [9.17, 15) is 4.79 Å². The average Bonchev–Trinajstić information content (AvgIpc) is 2.18. The summed E-state index contributed by atoms with van der Waals surface area (Å²) in [5.74, 6) is -0.284. The van der Waals surface area contributed by atoms with E-state index in [1.165, 1.54) is 9.65 Å².